The van der Waals surface area contributed by atoms with Crippen molar-refractivity contribution in [2.75, 3.05) is 33.8 Å². The molecule has 14 aromatic carbocycles. The lowest BCUT2D eigenvalue weighted by Crippen LogP contribution is -2.12. The molecule has 0 aliphatic carbocycles. The van der Waals surface area contributed by atoms with E-state index in [0.29, 0.717) is 0 Å². The van der Waals surface area contributed by atoms with Crippen molar-refractivity contribution in [3.05, 3.63) is 312 Å². The van der Waals surface area contributed by atoms with Crippen molar-refractivity contribution in [3.8, 4) is 33.8 Å². The van der Waals surface area contributed by atoms with Crippen LogP contribution in [0.15, 0.2) is 279 Å². The van der Waals surface area contributed by atoms with Gasteiger partial charge < -0.3 is 29.1 Å². The molecule has 0 aliphatic rings. The van der Waals surface area contributed by atoms with E-state index < -0.39 is 0 Å². The van der Waals surface area contributed by atoms with E-state index in [4.69, 9.17) is 9.47 Å². The fraction of sp³-hybridized carbons (Fsp3) is 0.0952. The highest BCUT2D eigenvalue weighted by Crippen LogP contribution is 2.53. The molecule has 0 heterocycles. The van der Waals surface area contributed by atoms with Gasteiger partial charge in [0.05, 0.1) is 25.6 Å². The van der Waals surface area contributed by atoms with Crippen molar-refractivity contribution >= 4 is 101 Å². The Morgan fingerprint density at radius 1 is 0.211 bits per heavy atom. The number of hydrogen-bond acceptors (Lipinski definition) is 6. The van der Waals surface area contributed by atoms with Crippen LogP contribution in [0, 0.1) is 41.5 Å². The molecule has 0 spiro atoms. The lowest BCUT2D eigenvalue weighted by atomic mass is 9.85. The molecule has 0 saturated carbocycles. The first-order valence-electron chi connectivity index (χ1n) is 30.8. The van der Waals surface area contributed by atoms with Crippen LogP contribution in [0.3, 0.4) is 0 Å². The number of methoxy groups -OCH3 is 2. The monoisotopic (exact) mass is 1170 g/mol. The molecule has 0 aliphatic heterocycles. The molecule has 6 nitrogen and oxygen atoms in total. The van der Waals surface area contributed by atoms with Crippen molar-refractivity contribution in [2.45, 2.75) is 41.5 Å². The standard InChI is InChI=1S/C84H70N4O2/c1-55-9-25-63(26-10-55)85(64-27-11-56(2)12-28-64)67-37-21-61(22-38-67)79-53-81(87(69-33-17-59(5)18-34-69)71-41-45-73(89-7)46-42-71)77-52-50-76-80(62-23-39-68(40-24-62)86(65-29-13-57(3)14-30-65)66-31-15-58(4)16-32-66)54-82(78-51-49-75(79)83(77)84(76)78)88(70-35-19-60(6)20-36-70)72-43-47-74(90-8)48-44-72/h9-54H,1-8H3. The maximum absolute atomic E-state index is 5.78. The fourth-order valence-corrected chi connectivity index (χ4v) is 12.8. The molecule has 0 radical (unpaired) electrons. The molecule has 0 N–H and O–H groups in total. The van der Waals surface area contributed by atoms with Gasteiger partial charge in [-0.1, -0.05) is 155 Å². The van der Waals surface area contributed by atoms with Crippen LogP contribution in [0.5, 0.6) is 11.5 Å². The predicted molar refractivity (Wildman–Crippen MR) is 381 cm³/mol. The Morgan fingerprint density at radius 3 is 0.644 bits per heavy atom. The first-order valence-corrected chi connectivity index (χ1v) is 30.8. The lowest BCUT2D eigenvalue weighted by Gasteiger charge is -2.31. The van der Waals surface area contributed by atoms with E-state index in [1.165, 1.54) is 44.2 Å². The molecule has 6 heteroatoms. The molecule has 0 amide bonds. The summed E-state index contributed by atoms with van der Waals surface area (Å²) in [4.78, 5) is 9.54. The third kappa shape index (κ3) is 10.8. The van der Waals surface area contributed by atoms with E-state index in [1.807, 2.05) is 0 Å². The van der Waals surface area contributed by atoms with Crippen molar-refractivity contribution in [1.82, 2.24) is 0 Å². The molecule has 14 aromatic rings. The molecule has 0 atom stereocenters. The minimum absolute atomic E-state index is 0.796. The second kappa shape index (κ2) is 23.9. The number of nitrogens with zero attached hydrogens (tertiary/aromatic N) is 4. The van der Waals surface area contributed by atoms with Gasteiger partial charge in [-0.15, -0.1) is 0 Å². The summed E-state index contributed by atoms with van der Waals surface area (Å²) in [7, 11) is 3.45. The molecule has 0 bridgehead atoms. The Kier molecular flexibility index (Phi) is 15.1. The molecular formula is C84H70N4O2. The van der Waals surface area contributed by atoms with Crippen LogP contribution in [-0.4, -0.2) is 14.2 Å². The summed E-state index contributed by atoms with van der Waals surface area (Å²) in [6.45, 7) is 12.9. The summed E-state index contributed by atoms with van der Waals surface area (Å²) < 4.78 is 11.6. The van der Waals surface area contributed by atoms with Gasteiger partial charge in [0.15, 0.2) is 0 Å². The summed E-state index contributed by atoms with van der Waals surface area (Å²) in [5.74, 6) is 1.59. The molecular weight excluding hydrogens is 1100 g/mol. The van der Waals surface area contributed by atoms with E-state index >= 15 is 0 Å². The van der Waals surface area contributed by atoms with Crippen molar-refractivity contribution in [3.63, 3.8) is 0 Å². The van der Waals surface area contributed by atoms with Gasteiger partial charge in [-0.2, -0.15) is 0 Å². The number of ether oxygens (including phenoxy) is 2. The van der Waals surface area contributed by atoms with Crippen molar-refractivity contribution in [2.24, 2.45) is 0 Å². The quantitative estimate of drug-likeness (QED) is 0.0897. The van der Waals surface area contributed by atoms with Crippen LogP contribution in [0.25, 0.3) is 54.6 Å². The Bertz CT molecular complexity index is 4430. The molecule has 0 saturated heterocycles. The predicted octanol–water partition coefficient (Wildman–Crippen LogP) is 23.7. The van der Waals surface area contributed by atoms with E-state index in [2.05, 4.69) is 340 Å². The molecule has 0 fully saturated rings. The molecule has 90 heavy (non-hydrogen) atoms. The van der Waals surface area contributed by atoms with Gasteiger partial charge in [0, 0.05) is 78.4 Å². The molecule has 438 valence electrons. The summed E-state index contributed by atoms with van der Waals surface area (Å²) in [6, 6.07) is 103. The van der Waals surface area contributed by atoms with Gasteiger partial charge >= 0.3 is 0 Å². The first kappa shape index (κ1) is 56.7. The second-order valence-corrected chi connectivity index (χ2v) is 23.8. The van der Waals surface area contributed by atoms with E-state index in [1.54, 1.807) is 14.2 Å². The van der Waals surface area contributed by atoms with Gasteiger partial charge in [0.25, 0.3) is 0 Å². The fourth-order valence-electron chi connectivity index (χ4n) is 12.8. The van der Waals surface area contributed by atoms with E-state index in [-0.39, 0.29) is 0 Å². The summed E-state index contributed by atoms with van der Waals surface area (Å²) in [6.07, 6.45) is 0. The van der Waals surface area contributed by atoms with Crippen LogP contribution in [0.2, 0.25) is 0 Å². The number of hydrogen-bond donors (Lipinski definition) is 0. The van der Waals surface area contributed by atoms with E-state index in [0.717, 1.165) is 124 Å². The lowest BCUT2D eigenvalue weighted by molar-refractivity contribution is 0.414. The third-order valence-corrected chi connectivity index (χ3v) is 17.6. The number of anilines is 12. The number of rotatable bonds is 16. The minimum atomic E-state index is 0.796. The molecule has 0 aromatic heterocycles. The Labute approximate surface area is 528 Å². The number of aryl methyl sites for hydroxylation is 6. The highest BCUT2D eigenvalue weighted by molar-refractivity contribution is 6.32. The van der Waals surface area contributed by atoms with Gasteiger partial charge in [-0.05, 0) is 232 Å². The zero-order valence-corrected chi connectivity index (χ0v) is 52.2. The smallest absolute Gasteiger partial charge is 0.119 e. The molecule has 0 unspecified atom stereocenters. The normalized spacial score (nSPS) is 11.3. The van der Waals surface area contributed by atoms with Crippen molar-refractivity contribution in [1.29, 1.82) is 0 Å². The number of benzene rings is 14. The zero-order valence-electron chi connectivity index (χ0n) is 52.2. The third-order valence-electron chi connectivity index (χ3n) is 17.6. The van der Waals surface area contributed by atoms with Gasteiger partial charge in [0.2, 0.25) is 0 Å². The van der Waals surface area contributed by atoms with Crippen LogP contribution >= 0.6 is 0 Å². The summed E-state index contributed by atoms with van der Waals surface area (Å²) in [5, 5.41) is 6.92. The molecule has 14 rings (SSSR count). The van der Waals surface area contributed by atoms with Crippen LogP contribution < -0.4 is 29.1 Å². The SMILES string of the molecule is COc1ccc(N(c2ccc(C)cc2)c2cc(-c3ccc(N(c4ccc(C)cc4)c4ccc(C)cc4)cc3)c3ccc4c(N(c5ccc(C)cc5)c5ccc(OC)cc5)cc(-c5ccc(N(c6ccc(C)cc6)c6ccc(C)cc6)cc5)c5ccc2c3c54)cc1. The van der Waals surface area contributed by atoms with Crippen LogP contribution in [-0.2, 0) is 0 Å². The average Bonchev–Trinajstić information content (AvgIpc) is 0.712. The van der Waals surface area contributed by atoms with E-state index in [9.17, 15) is 0 Å². The van der Waals surface area contributed by atoms with Crippen LogP contribution in [0.4, 0.5) is 68.2 Å². The Morgan fingerprint density at radius 2 is 0.411 bits per heavy atom. The summed E-state index contributed by atoms with van der Waals surface area (Å²) in [5.41, 5.74) is 24.5. The topological polar surface area (TPSA) is 31.4 Å². The van der Waals surface area contributed by atoms with Gasteiger partial charge in [0.1, 0.15) is 11.5 Å². The zero-order chi connectivity index (χ0) is 61.6. The highest BCUT2D eigenvalue weighted by Gasteiger charge is 2.27. The maximum atomic E-state index is 5.78. The van der Waals surface area contributed by atoms with Gasteiger partial charge in [-0.3, -0.25) is 0 Å². The largest absolute Gasteiger partial charge is 0.497 e. The summed E-state index contributed by atoms with van der Waals surface area (Å²) >= 11 is 0. The highest BCUT2D eigenvalue weighted by atomic mass is 16.5. The Hall–Kier alpha value is -11.1. The Balaban J connectivity index is 1.06. The maximum Gasteiger partial charge on any atom is 0.119 e. The van der Waals surface area contributed by atoms with Gasteiger partial charge in [-0.25, -0.2) is 0 Å². The first-order chi connectivity index (χ1) is 44.0. The average molecular weight is 1170 g/mol. The minimum Gasteiger partial charge on any atom is -0.497 e. The second-order valence-electron chi connectivity index (χ2n) is 23.8. The van der Waals surface area contributed by atoms with Crippen LogP contribution in [0.1, 0.15) is 33.4 Å². The van der Waals surface area contributed by atoms with Crippen molar-refractivity contribution < 1.29 is 9.47 Å².